The van der Waals surface area contributed by atoms with E-state index in [1.165, 1.54) is 10.8 Å². The molecule has 1 aliphatic rings. The van der Waals surface area contributed by atoms with Crippen LogP contribution in [0.4, 0.5) is 0 Å². The van der Waals surface area contributed by atoms with E-state index in [-0.39, 0.29) is 0 Å². The van der Waals surface area contributed by atoms with E-state index in [0.29, 0.717) is 0 Å². The van der Waals surface area contributed by atoms with Gasteiger partial charge < -0.3 is 23.5 Å². The third kappa shape index (κ3) is 3.50. The summed E-state index contributed by atoms with van der Waals surface area (Å²) in [5, 5.41) is 5.48. The van der Waals surface area contributed by atoms with Crippen LogP contribution in [0.3, 0.4) is 0 Å². The Morgan fingerprint density at radius 2 is 1.10 bits per heavy atom. The molecule has 1 aliphatic heterocycles. The predicted molar refractivity (Wildman–Crippen MR) is 159 cm³/mol. The van der Waals surface area contributed by atoms with Crippen LogP contribution in [-0.4, -0.2) is 25.9 Å². The van der Waals surface area contributed by atoms with Gasteiger partial charge in [0, 0.05) is 24.0 Å². The van der Waals surface area contributed by atoms with Crippen LogP contribution in [0.2, 0.25) is 0 Å². The van der Waals surface area contributed by atoms with E-state index >= 15 is 0 Å². The normalized spacial score (nSPS) is 14.0. The molecule has 0 saturated heterocycles. The van der Waals surface area contributed by atoms with Crippen molar-refractivity contribution < 1.29 is 18.9 Å². The van der Waals surface area contributed by atoms with Crippen molar-refractivity contribution >= 4 is 45.6 Å². The molecule has 6 heteroatoms. The molecule has 6 aromatic rings. The molecule has 0 spiro atoms. The number of methoxy groups -OCH3 is 3. The van der Waals surface area contributed by atoms with Crippen LogP contribution in [0.25, 0.3) is 27.5 Å². The number of aromatic nitrogens is 1. The van der Waals surface area contributed by atoms with Gasteiger partial charge in [-0.3, -0.25) is 0 Å². The van der Waals surface area contributed by atoms with Crippen molar-refractivity contribution in [2.75, 3.05) is 21.3 Å². The number of hydrogen-bond donors (Lipinski definition) is 0. The first-order chi connectivity index (χ1) is 19.2. The summed E-state index contributed by atoms with van der Waals surface area (Å²) in [6.07, 6.45) is 0. The number of fused-ring (bicyclic) bond motifs is 5. The summed E-state index contributed by atoms with van der Waals surface area (Å²) in [6, 6.07) is 35.3. The van der Waals surface area contributed by atoms with Crippen molar-refractivity contribution in [1.82, 2.24) is 4.57 Å². The number of ether oxygens (including phenoxy) is 4. The molecule has 0 N–H and O–H groups in total. The molecule has 0 radical (unpaired) electrons. The summed E-state index contributed by atoms with van der Waals surface area (Å²) < 4.78 is 26.8. The second-order valence-electron chi connectivity index (χ2n) is 9.25. The lowest BCUT2D eigenvalue weighted by molar-refractivity contribution is 0.400. The molecular formula is C33H26NO4P. The van der Waals surface area contributed by atoms with Crippen LogP contribution in [0, 0.1) is 0 Å². The molecule has 2 heterocycles. The van der Waals surface area contributed by atoms with Crippen LogP contribution in [0.5, 0.6) is 28.7 Å². The topological polar surface area (TPSA) is 41.9 Å². The van der Waals surface area contributed by atoms with Crippen molar-refractivity contribution in [3.05, 3.63) is 103 Å². The van der Waals surface area contributed by atoms with E-state index < -0.39 is 7.92 Å². The van der Waals surface area contributed by atoms with Crippen LogP contribution in [0.1, 0.15) is 0 Å². The van der Waals surface area contributed by atoms with Gasteiger partial charge in [-0.1, -0.05) is 54.6 Å². The fourth-order valence-corrected chi connectivity index (χ4v) is 8.44. The van der Waals surface area contributed by atoms with Crippen LogP contribution >= 0.6 is 7.92 Å². The highest BCUT2D eigenvalue weighted by Crippen LogP contribution is 2.52. The fourth-order valence-electron chi connectivity index (χ4n) is 5.64. The van der Waals surface area contributed by atoms with Crippen molar-refractivity contribution in [2.24, 2.45) is 0 Å². The average Bonchev–Trinajstić information content (AvgIpc) is 3.33. The molecule has 5 nitrogen and oxygen atoms in total. The zero-order valence-electron chi connectivity index (χ0n) is 21.8. The summed E-state index contributed by atoms with van der Waals surface area (Å²) >= 11 is 0. The van der Waals surface area contributed by atoms with Gasteiger partial charge in [0.1, 0.15) is 23.0 Å². The van der Waals surface area contributed by atoms with Gasteiger partial charge >= 0.3 is 0 Å². The lowest BCUT2D eigenvalue weighted by atomic mass is 10.2. The van der Waals surface area contributed by atoms with E-state index in [4.69, 9.17) is 18.9 Å². The lowest BCUT2D eigenvalue weighted by Crippen LogP contribution is -2.30. The van der Waals surface area contributed by atoms with Gasteiger partial charge in [0.15, 0.2) is 5.75 Å². The summed E-state index contributed by atoms with van der Waals surface area (Å²) in [4.78, 5) is 0. The van der Waals surface area contributed by atoms with E-state index in [0.717, 1.165) is 61.4 Å². The van der Waals surface area contributed by atoms with Gasteiger partial charge in [0.2, 0.25) is 0 Å². The Morgan fingerprint density at radius 3 is 1.72 bits per heavy atom. The van der Waals surface area contributed by atoms with Crippen molar-refractivity contribution in [3.63, 3.8) is 0 Å². The quantitative estimate of drug-likeness (QED) is 0.233. The second-order valence-corrected chi connectivity index (χ2v) is 11.3. The van der Waals surface area contributed by atoms with Gasteiger partial charge in [-0.05, 0) is 48.5 Å². The summed E-state index contributed by atoms with van der Waals surface area (Å²) in [5.41, 5.74) is 3.25. The minimum atomic E-state index is -1.17. The van der Waals surface area contributed by atoms with Gasteiger partial charge in [-0.2, -0.15) is 0 Å². The second kappa shape index (κ2) is 9.37. The first-order valence-corrected chi connectivity index (χ1v) is 14.1. The van der Waals surface area contributed by atoms with Gasteiger partial charge in [-0.15, -0.1) is 0 Å². The SMILES string of the molecule is COc1cccc(OC)c1P1c2cccc(-n3c4ccccc4c4ccccc43)c2Oc2cccc(OC)c21. The Bertz CT molecular complexity index is 1800. The molecule has 192 valence electrons. The summed E-state index contributed by atoms with van der Waals surface area (Å²) in [7, 11) is 3.93. The molecule has 1 aromatic heterocycles. The average molecular weight is 532 g/mol. The molecule has 39 heavy (non-hydrogen) atoms. The molecule has 0 aliphatic carbocycles. The maximum absolute atomic E-state index is 6.81. The monoisotopic (exact) mass is 531 g/mol. The van der Waals surface area contributed by atoms with Crippen molar-refractivity contribution in [3.8, 4) is 34.4 Å². The Morgan fingerprint density at radius 1 is 0.564 bits per heavy atom. The van der Waals surface area contributed by atoms with Gasteiger partial charge in [0.25, 0.3) is 0 Å². The number of rotatable bonds is 5. The zero-order chi connectivity index (χ0) is 26.5. The highest BCUT2D eigenvalue weighted by Gasteiger charge is 2.37. The predicted octanol–water partition coefficient (Wildman–Crippen LogP) is 6.67. The highest BCUT2D eigenvalue weighted by atomic mass is 31.1. The van der Waals surface area contributed by atoms with E-state index in [9.17, 15) is 0 Å². The zero-order valence-corrected chi connectivity index (χ0v) is 22.7. The molecular weight excluding hydrogens is 505 g/mol. The number of benzene rings is 5. The first kappa shape index (κ1) is 23.6. The molecule has 1 unspecified atom stereocenters. The fraction of sp³-hybridized carbons (Fsp3) is 0.0909. The van der Waals surface area contributed by atoms with Crippen LogP contribution < -0.4 is 34.9 Å². The van der Waals surface area contributed by atoms with Crippen molar-refractivity contribution in [2.45, 2.75) is 0 Å². The lowest BCUT2D eigenvalue weighted by Gasteiger charge is -2.32. The summed E-state index contributed by atoms with van der Waals surface area (Å²) in [6.45, 7) is 0. The Hall–Kier alpha value is -4.47. The van der Waals surface area contributed by atoms with E-state index in [1.54, 1.807) is 21.3 Å². The minimum Gasteiger partial charge on any atom is -0.496 e. The Kier molecular flexibility index (Phi) is 5.68. The molecule has 0 saturated carbocycles. The van der Waals surface area contributed by atoms with Crippen LogP contribution in [0.15, 0.2) is 103 Å². The highest BCUT2D eigenvalue weighted by molar-refractivity contribution is 7.80. The molecule has 7 rings (SSSR count). The van der Waals surface area contributed by atoms with E-state index in [1.807, 2.05) is 36.4 Å². The molecule has 0 bridgehead atoms. The van der Waals surface area contributed by atoms with Gasteiger partial charge in [-0.25, -0.2) is 0 Å². The maximum Gasteiger partial charge on any atom is 0.159 e. The van der Waals surface area contributed by atoms with Crippen molar-refractivity contribution in [1.29, 1.82) is 0 Å². The third-order valence-corrected chi connectivity index (χ3v) is 9.89. The number of para-hydroxylation sites is 3. The Balaban J connectivity index is 1.58. The molecule has 0 fully saturated rings. The van der Waals surface area contributed by atoms with Crippen LogP contribution in [-0.2, 0) is 0 Å². The summed E-state index contributed by atoms with van der Waals surface area (Å²) in [5.74, 6) is 3.91. The van der Waals surface area contributed by atoms with E-state index in [2.05, 4.69) is 71.3 Å². The molecule has 0 amide bonds. The third-order valence-electron chi connectivity index (χ3n) is 7.28. The molecule has 5 aromatic carbocycles. The number of nitrogens with zero attached hydrogens (tertiary/aromatic N) is 1. The largest absolute Gasteiger partial charge is 0.496 e. The first-order valence-electron chi connectivity index (χ1n) is 12.7. The van der Waals surface area contributed by atoms with Gasteiger partial charge in [0.05, 0.1) is 48.7 Å². The smallest absolute Gasteiger partial charge is 0.159 e. The Labute approximate surface area is 227 Å². The maximum atomic E-state index is 6.81. The molecule has 1 atom stereocenters. The minimum absolute atomic E-state index is 0.771. The standard InChI is InChI=1S/C33H26NO4P/c1-35-26-16-9-17-27(36-2)32(26)39-30-20-8-15-25(31(30)38-29-19-10-18-28(37-3)33(29)39)34-23-13-6-4-11-21(23)22-12-5-7-14-24(22)34/h4-20H,1-3H3. The number of hydrogen-bond acceptors (Lipinski definition) is 4.